The fourth-order valence-corrected chi connectivity index (χ4v) is 4.51. The van der Waals surface area contributed by atoms with E-state index in [-0.39, 0.29) is 0 Å². The monoisotopic (exact) mass is 335 g/mol. The van der Waals surface area contributed by atoms with Gasteiger partial charge in [-0.1, -0.05) is 37.3 Å². The smallest absolute Gasteiger partial charge is 0.0437 e. The highest BCUT2D eigenvalue weighted by Crippen LogP contribution is 2.57. The van der Waals surface area contributed by atoms with Crippen LogP contribution in [0.15, 0.2) is 45.6 Å². The zero-order valence-corrected chi connectivity index (χ0v) is 13.4. The minimum atomic E-state index is 0.293. The number of rotatable bonds is 5. The first-order valence-corrected chi connectivity index (χ1v) is 8.52. The van der Waals surface area contributed by atoms with Crippen LogP contribution in [0.5, 0.6) is 0 Å². The molecule has 1 heterocycles. The largest absolute Gasteiger partial charge is 0.309 e. The lowest BCUT2D eigenvalue weighted by Crippen LogP contribution is -2.32. The normalized spacial score (nSPS) is 18.2. The molecule has 3 heteroatoms. The van der Waals surface area contributed by atoms with Crippen LogP contribution in [-0.2, 0) is 5.41 Å². The molecule has 1 fully saturated rings. The SMILES string of the molecule is CCNC(c1cscc1Br)C1(c2ccccc2)CC1. The highest BCUT2D eigenvalue weighted by atomic mass is 79.9. The van der Waals surface area contributed by atoms with E-state index in [0.717, 1.165) is 6.54 Å². The minimum absolute atomic E-state index is 0.293. The van der Waals surface area contributed by atoms with E-state index in [1.807, 2.05) is 0 Å². The molecule has 19 heavy (non-hydrogen) atoms. The molecule has 0 aliphatic heterocycles. The topological polar surface area (TPSA) is 12.0 Å². The Morgan fingerprint density at radius 1 is 1.26 bits per heavy atom. The van der Waals surface area contributed by atoms with Gasteiger partial charge in [0, 0.05) is 21.3 Å². The second-order valence-corrected chi connectivity index (χ2v) is 6.79. The number of thiophene rings is 1. The lowest BCUT2D eigenvalue weighted by atomic mass is 9.85. The molecule has 1 atom stereocenters. The lowest BCUT2D eigenvalue weighted by molar-refractivity contribution is 0.439. The molecule has 1 nitrogen and oxygen atoms in total. The van der Waals surface area contributed by atoms with Crippen molar-refractivity contribution in [1.29, 1.82) is 0 Å². The number of likely N-dealkylation sites (N-methyl/N-ethyl adjacent to an activating group) is 1. The molecular weight excluding hydrogens is 318 g/mol. The van der Waals surface area contributed by atoms with Crippen LogP contribution in [0.25, 0.3) is 0 Å². The maximum Gasteiger partial charge on any atom is 0.0437 e. The van der Waals surface area contributed by atoms with Crippen LogP contribution in [0.4, 0.5) is 0 Å². The summed E-state index contributed by atoms with van der Waals surface area (Å²) in [5.41, 5.74) is 3.17. The molecule has 3 rings (SSSR count). The summed E-state index contributed by atoms with van der Waals surface area (Å²) >= 11 is 5.47. The third-order valence-electron chi connectivity index (χ3n) is 4.05. The van der Waals surface area contributed by atoms with Crippen molar-refractivity contribution < 1.29 is 0 Å². The van der Waals surface area contributed by atoms with Crippen molar-refractivity contribution in [3.8, 4) is 0 Å². The van der Waals surface area contributed by atoms with Crippen molar-refractivity contribution in [3.05, 3.63) is 56.7 Å². The second kappa shape index (κ2) is 5.39. The quantitative estimate of drug-likeness (QED) is 0.819. The van der Waals surface area contributed by atoms with Gasteiger partial charge in [-0.15, -0.1) is 0 Å². The van der Waals surface area contributed by atoms with Crippen LogP contribution in [0.2, 0.25) is 0 Å². The molecule has 0 radical (unpaired) electrons. The van der Waals surface area contributed by atoms with E-state index in [4.69, 9.17) is 0 Å². The summed E-state index contributed by atoms with van der Waals surface area (Å²) in [7, 11) is 0. The molecular formula is C16H18BrNS. The molecule has 1 unspecified atom stereocenters. The van der Waals surface area contributed by atoms with Gasteiger partial charge in [-0.05, 0) is 51.8 Å². The van der Waals surface area contributed by atoms with Crippen molar-refractivity contribution in [2.24, 2.45) is 0 Å². The van der Waals surface area contributed by atoms with E-state index in [0.29, 0.717) is 11.5 Å². The van der Waals surface area contributed by atoms with Gasteiger partial charge in [-0.25, -0.2) is 0 Å². The molecule has 0 amide bonds. The van der Waals surface area contributed by atoms with Crippen LogP contribution in [0, 0.1) is 0 Å². The molecule has 2 aromatic rings. The zero-order chi connectivity index (χ0) is 13.3. The molecule has 1 aliphatic carbocycles. The first-order valence-electron chi connectivity index (χ1n) is 6.78. The Balaban J connectivity index is 1.99. The zero-order valence-electron chi connectivity index (χ0n) is 11.0. The highest BCUT2D eigenvalue weighted by Gasteiger charge is 2.51. The minimum Gasteiger partial charge on any atom is -0.309 e. The van der Waals surface area contributed by atoms with Crippen molar-refractivity contribution in [1.82, 2.24) is 5.32 Å². The average Bonchev–Trinajstić information content (AvgIpc) is 3.14. The van der Waals surface area contributed by atoms with Gasteiger partial charge in [0.05, 0.1) is 0 Å². The first kappa shape index (κ1) is 13.3. The van der Waals surface area contributed by atoms with Crippen LogP contribution in [-0.4, -0.2) is 6.54 Å². The van der Waals surface area contributed by atoms with Gasteiger partial charge in [0.1, 0.15) is 0 Å². The maximum atomic E-state index is 3.70. The Hall–Kier alpha value is -0.640. The van der Waals surface area contributed by atoms with Gasteiger partial charge in [0.25, 0.3) is 0 Å². The van der Waals surface area contributed by atoms with Gasteiger partial charge < -0.3 is 5.32 Å². The number of benzene rings is 1. The number of halogens is 1. The van der Waals surface area contributed by atoms with Crippen molar-refractivity contribution in [3.63, 3.8) is 0 Å². The molecule has 0 spiro atoms. The Morgan fingerprint density at radius 2 is 2.00 bits per heavy atom. The number of nitrogens with one attached hydrogen (secondary N) is 1. The molecule has 1 aromatic heterocycles. The summed E-state index contributed by atoms with van der Waals surface area (Å²) in [4.78, 5) is 0. The molecule has 1 saturated carbocycles. The molecule has 0 saturated heterocycles. The van der Waals surface area contributed by atoms with E-state index >= 15 is 0 Å². The fourth-order valence-electron chi connectivity index (χ4n) is 2.95. The van der Waals surface area contributed by atoms with Gasteiger partial charge in [-0.2, -0.15) is 11.3 Å². The molecule has 100 valence electrons. The summed E-state index contributed by atoms with van der Waals surface area (Å²) in [6.45, 7) is 3.19. The van der Waals surface area contributed by atoms with Crippen LogP contribution in [0.3, 0.4) is 0 Å². The van der Waals surface area contributed by atoms with Crippen molar-refractivity contribution in [2.45, 2.75) is 31.2 Å². The van der Waals surface area contributed by atoms with Crippen LogP contribution >= 0.6 is 27.3 Å². The maximum absolute atomic E-state index is 3.70. The van der Waals surface area contributed by atoms with Crippen molar-refractivity contribution in [2.75, 3.05) is 6.54 Å². The standard InChI is InChI=1S/C16H18BrNS/c1-2-18-15(13-10-19-11-14(13)17)16(8-9-16)12-6-4-3-5-7-12/h3-7,10-11,15,18H,2,8-9H2,1H3. The predicted octanol–water partition coefficient (Wildman–Crippen LogP) is 4.89. The van der Waals surface area contributed by atoms with E-state index in [9.17, 15) is 0 Å². The third-order valence-corrected chi connectivity index (χ3v) is 5.80. The summed E-state index contributed by atoms with van der Waals surface area (Å²) in [5.74, 6) is 0. The Labute approximate surface area is 127 Å². The summed E-state index contributed by atoms with van der Waals surface area (Å²) in [5, 5.41) is 8.16. The molecule has 1 aliphatic rings. The highest BCUT2D eigenvalue weighted by molar-refractivity contribution is 9.10. The van der Waals surface area contributed by atoms with Crippen molar-refractivity contribution >= 4 is 27.3 Å². The van der Waals surface area contributed by atoms with Crippen LogP contribution in [0.1, 0.15) is 36.9 Å². The van der Waals surface area contributed by atoms with Gasteiger partial charge >= 0.3 is 0 Å². The first-order chi connectivity index (χ1) is 9.28. The number of hydrogen-bond acceptors (Lipinski definition) is 2. The Bertz CT molecular complexity index is 545. The lowest BCUT2D eigenvalue weighted by Gasteiger charge is -2.28. The Morgan fingerprint density at radius 3 is 2.53 bits per heavy atom. The van der Waals surface area contributed by atoms with Crippen LogP contribution < -0.4 is 5.32 Å². The average molecular weight is 336 g/mol. The van der Waals surface area contributed by atoms with Gasteiger partial charge in [0.15, 0.2) is 0 Å². The second-order valence-electron chi connectivity index (χ2n) is 5.19. The Kier molecular flexibility index (Phi) is 3.79. The fraction of sp³-hybridized carbons (Fsp3) is 0.375. The molecule has 1 N–H and O–H groups in total. The number of hydrogen-bond donors (Lipinski definition) is 1. The summed E-state index contributed by atoms with van der Waals surface area (Å²) in [6.07, 6.45) is 2.55. The van der Waals surface area contributed by atoms with E-state index in [2.05, 4.69) is 69.3 Å². The van der Waals surface area contributed by atoms with E-state index in [1.165, 1.54) is 28.4 Å². The van der Waals surface area contributed by atoms with Gasteiger partial charge in [-0.3, -0.25) is 0 Å². The van der Waals surface area contributed by atoms with E-state index in [1.54, 1.807) is 11.3 Å². The predicted molar refractivity (Wildman–Crippen MR) is 85.8 cm³/mol. The summed E-state index contributed by atoms with van der Waals surface area (Å²) in [6, 6.07) is 11.4. The molecule has 1 aromatic carbocycles. The summed E-state index contributed by atoms with van der Waals surface area (Å²) < 4.78 is 1.24. The third kappa shape index (κ3) is 2.39. The molecule has 0 bridgehead atoms. The van der Waals surface area contributed by atoms with E-state index < -0.39 is 0 Å². The van der Waals surface area contributed by atoms with Gasteiger partial charge in [0.2, 0.25) is 0 Å².